The number of aromatic amines is 1. The second-order valence-corrected chi connectivity index (χ2v) is 6.79. The van der Waals surface area contributed by atoms with Crippen LogP contribution in [0, 0.1) is 0 Å². The van der Waals surface area contributed by atoms with Crippen LogP contribution in [0.2, 0.25) is 0 Å². The Hall–Kier alpha value is -2.15. The van der Waals surface area contributed by atoms with Crippen LogP contribution in [-0.2, 0) is 18.6 Å². The molecule has 0 saturated carbocycles. The number of H-pyrrole nitrogens is 1. The Morgan fingerprint density at radius 1 is 1.58 bits per heavy atom. The number of carbonyl (C=O) groups is 1. The van der Waals surface area contributed by atoms with Gasteiger partial charge in [-0.25, -0.2) is 9.55 Å². The van der Waals surface area contributed by atoms with E-state index in [2.05, 4.69) is 24.8 Å². The lowest BCUT2D eigenvalue weighted by Crippen LogP contribution is -2.26. The predicted molar refractivity (Wildman–Crippen MR) is 85.0 cm³/mol. The molecule has 0 spiro atoms. The first-order valence-electron chi connectivity index (χ1n) is 7.42. The minimum atomic E-state index is -4.78. The summed E-state index contributed by atoms with van der Waals surface area (Å²) < 4.78 is 22.6. The highest BCUT2D eigenvalue weighted by Gasteiger charge is 2.40. The van der Waals surface area contributed by atoms with Crippen molar-refractivity contribution >= 4 is 30.8 Å². The number of aliphatic hydroxyl groups is 1. The normalized spacial score (nSPS) is 23.5. The number of carbonyl (C=O) groups excluding carboxylic acids is 1. The number of nitrogens with one attached hydrogen (secondary N) is 2. The monoisotopic (exact) mass is 389 g/mol. The van der Waals surface area contributed by atoms with Gasteiger partial charge in [0.15, 0.2) is 11.2 Å². The van der Waals surface area contributed by atoms with Crippen LogP contribution in [0.25, 0.3) is 11.2 Å². The second kappa shape index (κ2) is 6.87. The SMILES string of the molecule is CC(=O)Nc1nc2c(ncn2[C@H]2C[C@H](OP(=O)(O)O)[C@@H](CO)O2)c(=O)[nH]1. The molecule has 2 aromatic rings. The van der Waals surface area contributed by atoms with Crippen LogP contribution in [0.1, 0.15) is 19.6 Å². The van der Waals surface area contributed by atoms with E-state index in [0.29, 0.717) is 0 Å². The quantitative estimate of drug-likeness (QED) is 0.390. The van der Waals surface area contributed by atoms with E-state index in [0.717, 1.165) is 0 Å². The lowest BCUT2D eigenvalue weighted by molar-refractivity contribution is -0.114. The molecular formula is C12H16N5O8P. The molecule has 0 aromatic carbocycles. The summed E-state index contributed by atoms with van der Waals surface area (Å²) >= 11 is 0. The molecule has 1 amide bonds. The number of amides is 1. The third-order valence-electron chi connectivity index (χ3n) is 3.67. The van der Waals surface area contributed by atoms with E-state index in [-0.39, 0.29) is 23.5 Å². The molecule has 14 heteroatoms. The third-order valence-corrected chi connectivity index (χ3v) is 4.22. The van der Waals surface area contributed by atoms with Gasteiger partial charge >= 0.3 is 7.82 Å². The number of fused-ring (bicyclic) bond motifs is 1. The minimum Gasteiger partial charge on any atom is -0.394 e. The van der Waals surface area contributed by atoms with Gasteiger partial charge < -0.3 is 19.6 Å². The van der Waals surface area contributed by atoms with Crippen molar-refractivity contribution in [3.63, 3.8) is 0 Å². The van der Waals surface area contributed by atoms with Gasteiger partial charge in [0.1, 0.15) is 18.4 Å². The number of aromatic nitrogens is 4. The van der Waals surface area contributed by atoms with Gasteiger partial charge in [0.25, 0.3) is 5.56 Å². The Morgan fingerprint density at radius 3 is 2.92 bits per heavy atom. The van der Waals surface area contributed by atoms with E-state index in [1.165, 1.54) is 17.8 Å². The van der Waals surface area contributed by atoms with Gasteiger partial charge in [-0.15, -0.1) is 0 Å². The molecule has 0 radical (unpaired) electrons. The summed E-state index contributed by atoms with van der Waals surface area (Å²) in [5.41, 5.74) is -0.504. The Morgan fingerprint density at radius 2 is 2.31 bits per heavy atom. The van der Waals surface area contributed by atoms with Crippen molar-refractivity contribution in [1.29, 1.82) is 0 Å². The van der Waals surface area contributed by atoms with Crippen LogP contribution in [0.4, 0.5) is 5.95 Å². The molecule has 26 heavy (non-hydrogen) atoms. The summed E-state index contributed by atoms with van der Waals surface area (Å²) in [6, 6.07) is 0. The molecule has 3 rings (SSSR count). The fraction of sp³-hybridized carbons (Fsp3) is 0.500. The van der Waals surface area contributed by atoms with Gasteiger partial charge in [-0.1, -0.05) is 0 Å². The molecule has 5 N–H and O–H groups in total. The average Bonchev–Trinajstić information content (AvgIpc) is 3.08. The number of hydrogen-bond acceptors (Lipinski definition) is 8. The van der Waals surface area contributed by atoms with E-state index in [9.17, 15) is 19.3 Å². The van der Waals surface area contributed by atoms with Crippen LogP contribution in [0.3, 0.4) is 0 Å². The van der Waals surface area contributed by atoms with Crippen LogP contribution in [0.5, 0.6) is 0 Å². The first kappa shape index (κ1) is 18.6. The lowest BCUT2D eigenvalue weighted by atomic mass is 10.2. The van der Waals surface area contributed by atoms with Gasteiger partial charge in [0, 0.05) is 13.3 Å². The molecule has 1 saturated heterocycles. The number of anilines is 1. The standard InChI is InChI=1S/C12H16N5O8P/c1-5(19)14-12-15-10-9(11(20)16-12)13-4-17(10)8-2-6(7(3-18)24-8)25-26(21,22)23/h4,6-8,18H,2-3H2,1H3,(H2,21,22,23)(H2,14,15,16,19,20)/t6-,7+,8+/m0/s1. The molecule has 1 aliphatic rings. The van der Waals surface area contributed by atoms with Gasteiger partial charge in [0.05, 0.1) is 12.9 Å². The molecule has 1 aliphatic heterocycles. The summed E-state index contributed by atoms with van der Waals surface area (Å²) in [5.74, 6) is -0.525. The molecular weight excluding hydrogens is 373 g/mol. The Bertz CT molecular complexity index is 935. The first-order chi connectivity index (χ1) is 12.2. The van der Waals surface area contributed by atoms with Crippen molar-refractivity contribution in [2.45, 2.75) is 31.8 Å². The molecule has 0 bridgehead atoms. The Balaban J connectivity index is 1.95. The van der Waals surface area contributed by atoms with Crippen molar-refractivity contribution in [2.75, 3.05) is 11.9 Å². The maximum Gasteiger partial charge on any atom is 0.469 e. The molecule has 1 fully saturated rings. The van der Waals surface area contributed by atoms with Gasteiger partial charge in [-0.05, 0) is 0 Å². The lowest BCUT2D eigenvalue weighted by Gasteiger charge is -2.16. The van der Waals surface area contributed by atoms with Crippen LogP contribution in [-0.4, -0.2) is 59.1 Å². The van der Waals surface area contributed by atoms with E-state index in [4.69, 9.17) is 14.5 Å². The Kier molecular flexibility index (Phi) is 4.92. The number of phosphoric acid groups is 1. The number of imidazole rings is 1. The smallest absolute Gasteiger partial charge is 0.394 e. The highest BCUT2D eigenvalue weighted by Crippen LogP contribution is 2.43. The summed E-state index contributed by atoms with van der Waals surface area (Å²) in [5, 5.41) is 11.7. The maximum atomic E-state index is 12.1. The molecule has 3 atom stereocenters. The zero-order chi connectivity index (χ0) is 19.1. The van der Waals surface area contributed by atoms with E-state index < -0.39 is 44.3 Å². The largest absolute Gasteiger partial charge is 0.469 e. The van der Waals surface area contributed by atoms with Crippen molar-refractivity contribution in [2.24, 2.45) is 0 Å². The van der Waals surface area contributed by atoms with E-state index >= 15 is 0 Å². The number of ether oxygens (including phenoxy) is 1. The van der Waals surface area contributed by atoms with Crippen LogP contribution >= 0.6 is 7.82 Å². The fourth-order valence-corrected chi connectivity index (χ4v) is 3.26. The molecule has 13 nitrogen and oxygen atoms in total. The van der Waals surface area contributed by atoms with Crippen LogP contribution < -0.4 is 10.9 Å². The summed E-state index contributed by atoms with van der Waals surface area (Å²) in [7, 11) is -4.78. The minimum absolute atomic E-state index is 0.0115. The highest BCUT2D eigenvalue weighted by atomic mass is 31.2. The molecule has 0 aliphatic carbocycles. The topological polar surface area (TPSA) is 189 Å². The fourth-order valence-electron chi connectivity index (χ4n) is 2.69. The maximum absolute atomic E-state index is 12.1. The number of nitrogens with zero attached hydrogens (tertiary/aromatic N) is 3. The van der Waals surface area contributed by atoms with E-state index in [1.54, 1.807) is 0 Å². The Labute approximate surface area is 145 Å². The van der Waals surface area contributed by atoms with Gasteiger partial charge in [-0.2, -0.15) is 4.98 Å². The number of rotatable bonds is 5. The van der Waals surface area contributed by atoms with Crippen molar-refractivity contribution in [1.82, 2.24) is 19.5 Å². The van der Waals surface area contributed by atoms with Crippen LogP contribution in [0.15, 0.2) is 11.1 Å². The van der Waals surface area contributed by atoms with Crippen molar-refractivity contribution < 1.29 is 33.5 Å². The summed E-state index contributed by atoms with van der Waals surface area (Å²) in [4.78, 5) is 51.6. The van der Waals surface area contributed by atoms with Gasteiger partial charge in [-0.3, -0.25) is 29.0 Å². The number of hydrogen-bond donors (Lipinski definition) is 5. The second-order valence-electron chi connectivity index (χ2n) is 5.60. The average molecular weight is 389 g/mol. The van der Waals surface area contributed by atoms with E-state index in [1.807, 2.05) is 0 Å². The zero-order valence-corrected chi connectivity index (χ0v) is 14.3. The summed E-state index contributed by atoms with van der Waals surface area (Å²) in [6.45, 7) is 0.719. The molecule has 0 unspecified atom stereocenters. The molecule has 3 heterocycles. The van der Waals surface area contributed by atoms with Gasteiger partial charge in [0.2, 0.25) is 11.9 Å². The third kappa shape index (κ3) is 3.82. The molecule has 2 aromatic heterocycles. The zero-order valence-electron chi connectivity index (χ0n) is 13.4. The summed E-state index contributed by atoms with van der Waals surface area (Å²) in [6.07, 6.45) is -1.65. The highest BCUT2D eigenvalue weighted by molar-refractivity contribution is 7.46. The van der Waals surface area contributed by atoms with Crippen molar-refractivity contribution in [3.8, 4) is 0 Å². The first-order valence-corrected chi connectivity index (χ1v) is 8.95. The predicted octanol–water partition coefficient (Wildman–Crippen LogP) is -1.16. The molecule has 142 valence electrons. The number of phosphoric ester groups is 1. The number of aliphatic hydroxyl groups excluding tert-OH is 1. The van der Waals surface area contributed by atoms with Crippen molar-refractivity contribution in [3.05, 3.63) is 16.7 Å².